The van der Waals surface area contributed by atoms with Crippen LogP contribution in [-0.2, 0) is 10.0 Å². The van der Waals surface area contributed by atoms with Crippen molar-refractivity contribution in [3.63, 3.8) is 0 Å². The minimum absolute atomic E-state index is 0.0436. The predicted octanol–water partition coefficient (Wildman–Crippen LogP) is 0.100. The van der Waals surface area contributed by atoms with Crippen LogP contribution < -0.4 is 4.72 Å². The van der Waals surface area contributed by atoms with E-state index in [-0.39, 0.29) is 10.5 Å². The van der Waals surface area contributed by atoms with E-state index >= 15 is 0 Å². The molecule has 1 N–H and O–H groups in total. The van der Waals surface area contributed by atoms with Crippen LogP contribution in [0.4, 0.5) is 0 Å². The molecule has 0 aliphatic carbocycles. The van der Waals surface area contributed by atoms with Gasteiger partial charge in [0.25, 0.3) is 15.9 Å². The lowest BCUT2D eigenvalue weighted by molar-refractivity contribution is 0.0985. The highest BCUT2D eigenvalue weighted by molar-refractivity contribution is 7.90. The Kier molecular flexibility index (Phi) is 1.63. The Morgan fingerprint density at radius 3 is 2.71 bits per heavy atom. The summed E-state index contributed by atoms with van der Waals surface area (Å²) in [5.41, 5.74) is 0.357. The molecule has 70 valence electrons. The van der Waals surface area contributed by atoms with Crippen molar-refractivity contribution in [1.29, 1.82) is 0 Å². The molecule has 0 bridgehead atoms. The van der Waals surface area contributed by atoms with Crippen molar-refractivity contribution >= 4 is 15.9 Å². The first kappa shape index (κ1) is 8.78. The van der Waals surface area contributed by atoms with Gasteiger partial charge in [-0.1, -0.05) is 12.0 Å². The number of rotatable bonds is 0. The van der Waals surface area contributed by atoms with Gasteiger partial charge in [0.1, 0.15) is 4.90 Å². The Labute approximate surface area is 81.0 Å². The molecule has 1 heterocycles. The van der Waals surface area contributed by atoms with Crippen LogP contribution in [0.3, 0.4) is 0 Å². The van der Waals surface area contributed by atoms with E-state index in [2.05, 4.69) is 5.92 Å². The third-order valence-corrected chi connectivity index (χ3v) is 3.30. The number of nitrogens with one attached hydrogen (secondary N) is 1. The number of benzene rings is 1. The van der Waals surface area contributed by atoms with Crippen molar-refractivity contribution in [3.8, 4) is 12.3 Å². The minimum atomic E-state index is -3.68. The van der Waals surface area contributed by atoms with Crippen LogP contribution in [0, 0.1) is 12.3 Å². The third kappa shape index (κ3) is 1.01. The van der Waals surface area contributed by atoms with Crippen molar-refractivity contribution in [2.24, 2.45) is 0 Å². The first-order valence-electron chi connectivity index (χ1n) is 3.73. The number of sulfonamides is 1. The molecule has 1 aromatic carbocycles. The van der Waals surface area contributed by atoms with E-state index in [1.54, 1.807) is 0 Å². The molecule has 5 heteroatoms. The molecule has 1 aromatic rings. The fourth-order valence-corrected chi connectivity index (χ4v) is 2.52. The number of hydrogen-bond acceptors (Lipinski definition) is 3. The first-order chi connectivity index (χ1) is 6.56. The highest BCUT2D eigenvalue weighted by Gasteiger charge is 2.33. The molecular formula is C9H5NO3S. The molecule has 0 spiro atoms. The van der Waals surface area contributed by atoms with Gasteiger partial charge >= 0.3 is 0 Å². The SMILES string of the molecule is C#Cc1cccc2c1C(=O)NS2(=O)=O. The molecular weight excluding hydrogens is 202 g/mol. The molecule has 1 amide bonds. The van der Waals surface area contributed by atoms with E-state index in [0.717, 1.165) is 0 Å². The standard InChI is InChI=1S/C9H5NO3S/c1-2-6-4-3-5-7-8(6)9(11)10-14(7,12)13/h1,3-5H,(H,10,11). The minimum Gasteiger partial charge on any atom is -0.268 e. The number of carbonyl (C=O) groups excluding carboxylic acids is 1. The van der Waals surface area contributed by atoms with Gasteiger partial charge in [0.2, 0.25) is 0 Å². The zero-order chi connectivity index (χ0) is 10.3. The molecule has 0 unspecified atom stereocenters. The summed E-state index contributed by atoms with van der Waals surface area (Å²) in [6.07, 6.45) is 5.15. The van der Waals surface area contributed by atoms with Gasteiger partial charge in [-0.3, -0.25) is 4.79 Å². The largest absolute Gasteiger partial charge is 0.268 e. The molecule has 0 saturated carbocycles. The summed E-state index contributed by atoms with van der Waals surface area (Å²) in [4.78, 5) is 11.2. The van der Waals surface area contributed by atoms with E-state index in [1.807, 2.05) is 4.72 Å². The van der Waals surface area contributed by atoms with Crippen molar-refractivity contribution in [1.82, 2.24) is 4.72 Å². The molecule has 14 heavy (non-hydrogen) atoms. The Morgan fingerprint density at radius 2 is 2.07 bits per heavy atom. The lowest BCUT2D eigenvalue weighted by atomic mass is 10.1. The van der Waals surface area contributed by atoms with E-state index in [9.17, 15) is 13.2 Å². The van der Waals surface area contributed by atoms with Gasteiger partial charge in [0.05, 0.1) is 5.56 Å². The van der Waals surface area contributed by atoms with Crippen LogP contribution in [-0.4, -0.2) is 14.3 Å². The van der Waals surface area contributed by atoms with Crippen LogP contribution in [0.1, 0.15) is 15.9 Å². The summed E-state index contributed by atoms with van der Waals surface area (Å²) >= 11 is 0. The Morgan fingerprint density at radius 1 is 1.36 bits per heavy atom. The average molecular weight is 207 g/mol. The maximum atomic E-state index is 11.3. The summed E-state index contributed by atoms with van der Waals surface area (Å²) in [7, 11) is -3.68. The summed E-state index contributed by atoms with van der Waals surface area (Å²) in [6.45, 7) is 0. The van der Waals surface area contributed by atoms with E-state index in [4.69, 9.17) is 6.42 Å². The molecule has 0 aromatic heterocycles. The molecule has 0 atom stereocenters. The topological polar surface area (TPSA) is 63.2 Å². The molecule has 2 rings (SSSR count). The van der Waals surface area contributed by atoms with Crippen molar-refractivity contribution < 1.29 is 13.2 Å². The molecule has 0 radical (unpaired) electrons. The summed E-state index contributed by atoms with van der Waals surface area (Å²) in [6, 6.07) is 4.38. The fraction of sp³-hybridized carbons (Fsp3) is 0. The normalized spacial score (nSPS) is 16.9. The van der Waals surface area contributed by atoms with Crippen LogP contribution in [0.2, 0.25) is 0 Å². The van der Waals surface area contributed by atoms with E-state index < -0.39 is 15.9 Å². The smallest absolute Gasteiger partial charge is 0.267 e. The monoisotopic (exact) mass is 207 g/mol. The van der Waals surface area contributed by atoms with Gasteiger partial charge in [0.15, 0.2) is 0 Å². The summed E-state index contributed by atoms with van der Waals surface area (Å²) < 4.78 is 24.5. The highest BCUT2D eigenvalue weighted by Crippen LogP contribution is 2.24. The molecule has 1 aliphatic rings. The van der Waals surface area contributed by atoms with Crippen LogP contribution in [0.5, 0.6) is 0 Å². The second-order valence-electron chi connectivity index (χ2n) is 2.76. The summed E-state index contributed by atoms with van der Waals surface area (Å²) in [5.74, 6) is 1.61. The molecule has 1 aliphatic heterocycles. The van der Waals surface area contributed by atoms with Crippen LogP contribution in [0.15, 0.2) is 23.1 Å². The maximum Gasteiger partial charge on any atom is 0.267 e. The predicted molar refractivity (Wildman–Crippen MR) is 49.0 cm³/mol. The second kappa shape index (κ2) is 2.59. The average Bonchev–Trinajstić information content (AvgIpc) is 2.38. The quantitative estimate of drug-likeness (QED) is 0.614. The van der Waals surface area contributed by atoms with Crippen molar-refractivity contribution in [3.05, 3.63) is 29.3 Å². The van der Waals surface area contributed by atoms with Gasteiger partial charge in [-0.25, -0.2) is 13.1 Å². The second-order valence-corrected chi connectivity index (χ2v) is 4.41. The van der Waals surface area contributed by atoms with Gasteiger partial charge in [-0.15, -0.1) is 6.42 Å². The Bertz CT molecular complexity index is 566. The number of carbonyl (C=O) groups is 1. The van der Waals surface area contributed by atoms with E-state index in [1.165, 1.54) is 18.2 Å². The molecule has 0 saturated heterocycles. The maximum absolute atomic E-state index is 11.3. The van der Waals surface area contributed by atoms with Crippen LogP contribution >= 0.6 is 0 Å². The lowest BCUT2D eigenvalue weighted by Crippen LogP contribution is -2.20. The lowest BCUT2D eigenvalue weighted by Gasteiger charge is -1.96. The van der Waals surface area contributed by atoms with Gasteiger partial charge < -0.3 is 0 Å². The molecule has 0 fully saturated rings. The highest BCUT2D eigenvalue weighted by atomic mass is 32.2. The molecule has 4 nitrogen and oxygen atoms in total. The first-order valence-corrected chi connectivity index (χ1v) is 5.21. The van der Waals surface area contributed by atoms with Crippen molar-refractivity contribution in [2.75, 3.05) is 0 Å². The van der Waals surface area contributed by atoms with Crippen LogP contribution in [0.25, 0.3) is 0 Å². The zero-order valence-corrected chi connectivity index (χ0v) is 7.76. The zero-order valence-electron chi connectivity index (χ0n) is 6.94. The van der Waals surface area contributed by atoms with Crippen molar-refractivity contribution in [2.45, 2.75) is 4.90 Å². The Hall–Kier alpha value is -1.80. The number of fused-ring (bicyclic) bond motifs is 1. The van der Waals surface area contributed by atoms with Gasteiger partial charge in [0, 0.05) is 5.56 Å². The number of terminal acetylenes is 1. The summed E-state index contributed by atoms with van der Waals surface area (Å²) in [5, 5.41) is 0. The van der Waals surface area contributed by atoms with Gasteiger partial charge in [-0.2, -0.15) is 0 Å². The fourth-order valence-electron chi connectivity index (χ4n) is 1.34. The third-order valence-electron chi connectivity index (χ3n) is 1.93. The van der Waals surface area contributed by atoms with Gasteiger partial charge in [-0.05, 0) is 12.1 Å². The number of hydrogen-bond donors (Lipinski definition) is 1. The number of amides is 1. The van der Waals surface area contributed by atoms with E-state index in [0.29, 0.717) is 5.56 Å². The Balaban J connectivity index is 2.89.